The summed E-state index contributed by atoms with van der Waals surface area (Å²) in [6.45, 7) is 1.62. The van der Waals surface area contributed by atoms with Crippen LogP contribution in [-0.4, -0.2) is 16.5 Å². The summed E-state index contributed by atoms with van der Waals surface area (Å²) in [7, 11) is 0. The van der Waals surface area contributed by atoms with Crippen molar-refractivity contribution in [2.24, 2.45) is 0 Å². The molecule has 1 atom stereocenters. The summed E-state index contributed by atoms with van der Waals surface area (Å²) >= 11 is 0. The maximum atomic E-state index is 14.1. The highest BCUT2D eigenvalue weighted by molar-refractivity contribution is 5.91. The second kappa shape index (κ2) is 10.9. The van der Waals surface area contributed by atoms with Gasteiger partial charge in [-0.25, -0.2) is 4.39 Å². The van der Waals surface area contributed by atoms with Crippen LogP contribution in [0.25, 0.3) is 33.4 Å². The first-order valence-electron chi connectivity index (χ1n) is 12.2. The van der Waals surface area contributed by atoms with Crippen LogP contribution >= 0.6 is 0 Å². The zero-order chi connectivity index (χ0) is 27.6. The van der Waals surface area contributed by atoms with Gasteiger partial charge in [-0.05, 0) is 73.0 Å². The van der Waals surface area contributed by atoms with E-state index in [0.29, 0.717) is 16.8 Å². The molecule has 5 nitrogen and oxygen atoms in total. The van der Waals surface area contributed by atoms with Gasteiger partial charge in [-0.2, -0.15) is 13.2 Å². The fourth-order valence-corrected chi connectivity index (χ4v) is 4.34. The molecule has 2 aromatic heterocycles. The van der Waals surface area contributed by atoms with E-state index in [4.69, 9.17) is 8.94 Å². The molecule has 39 heavy (non-hydrogen) atoms. The number of hydrogen-bond acceptors (Lipinski definition) is 5. The highest BCUT2D eigenvalue weighted by Crippen LogP contribution is 2.42. The number of rotatable bonds is 7. The molecule has 1 aliphatic rings. The molecule has 0 saturated heterocycles. The lowest BCUT2D eigenvalue weighted by Gasteiger charge is -2.11. The number of aliphatic hydroxyl groups excluding tert-OH is 1. The van der Waals surface area contributed by atoms with Gasteiger partial charge in [0.25, 0.3) is 0 Å². The smallest absolute Gasteiger partial charge is 0.420 e. The number of nitrogens with zero attached hydrogens (tertiary/aromatic N) is 1. The van der Waals surface area contributed by atoms with Crippen LogP contribution in [0.5, 0.6) is 0 Å². The predicted molar refractivity (Wildman–Crippen MR) is 140 cm³/mol. The molecule has 2 heterocycles. The van der Waals surface area contributed by atoms with Gasteiger partial charge in [0.2, 0.25) is 0 Å². The van der Waals surface area contributed by atoms with Crippen molar-refractivity contribution < 1.29 is 31.6 Å². The first-order chi connectivity index (χ1) is 18.7. The van der Waals surface area contributed by atoms with Crippen LogP contribution in [0, 0.1) is 12.7 Å². The average molecular weight is 537 g/mol. The van der Waals surface area contributed by atoms with Gasteiger partial charge in [-0.1, -0.05) is 41.6 Å². The molecule has 0 saturated carbocycles. The lowest BCUT2D eigenvalue weighted by molar-refractivity contribution is -0.136. The van der Waals surface area contributed by atoms with Crippen LogP contribution in [0.2, 0.25) is 0 Å². The molecule has 5 rings (SSSR count). The Morgan fingerprint density at radius 1 is 1.10 bits per heavy atom. The van der Waals surface area contributed by atoms with Crippen LogP contribution < -0.4 is 5.32 Å². The molecule has 9 heteroatoms. The molecule has 2 aromatic carbocycles. The van der Waals surface area contributed by atoms with E-state index in [9.17, 15) is 22.7 Å². The zero-order valence-electron chi connectivity index (χ0n) is 20.8. The molecular weight excluding hydrogens is 512 g/mol. The van der Waals surface area contributed by atoms with Crippen LogP contribution in [0.1, 0.15) is 23.4 Å². The monoisotopic (exact) mass is 536 g/mol. The van der Waals surface area contributed by atoms with Gasteiger partial charge in [-0.15, -0.1) is 0 Å². The third-order valence-electron chi connectivity index (χ3n) is 6.19. The van der Waals surface area contributed by atoms with Crippen molar-refractivity contribution in [3.63, 3.8) is 0 Å². The Bertz CT molecular complexity index is 1610. The lowest BCUT2D eigenvalue weighted by atomic mass is 9.96. The standard InChI is InChI=1S/C30H24F4N2O3/c1-18-27(29(39-36-18)20-9-11-23(31)12-10-20)21-14-22-15-24(38-28(22)25(16-21)30(32,33)34)17-35-26(37)13-8-19-6-4-2-3-5-7-19/h2,4-16,26,35,37H,3,17H2,1H3. The third-order valence-corrected chi connectivity index (χ3v) is 6.19. The van der Waals surface area contributed by atoms with Gasteiger partial charge in [-0.3, -0.25) is 5.32 Å². The van der Waals surface area contributed by atoms with Gasteiger partial charge >= 0.3 is 6.18 Å². The van der Waals surface area contributed by atoms with Crippen molar-refractivity contribution in [3.05, 3.63) is 113 Å². The van der Waals surface area contributed by atoms with Crippen molar-refractivity contribution in [2.75, 3.05) is 0 Å². The predicted octanol–water partition coefficient (Wildman–Crippen LogP) is 7.63. The quantitative estimate of drug-likeness (QED) is 0.188. The van der Waals surface area contributed by atoms with Gasteiger partial charge in [0.05, 0.1) is 23.4 Å². The Kier molecular flexibility index (Phi) is 7.36. The number of fused-ring (bicyclic) bond motifs is 1. The molecule has 2 N–H and O–H groups in total. The second-order valence-electron chi connectivity index (χ2n) is 9.05. The number of furan rings is 1. The van der Waals surface area contributed by atoms with Crippen molar-refractivity contribution in [3.8, 4) is 22.5 Å². The molecular formula is C30H24F4N2O3. The Balaban J connectivity index is 1.45. The Hall–Kier alpha value is -4.21. The average Bonchev–Trinajstić information content (AvgIpc) is 3.38. The van der Waals surface area contributed by atoms with E-state index in [1.165, 1.54) is 30.3 Å². The topological polar surface area (TPSA) is 71.4 Å². The van der Waals surface area contributed by atoms with Gasteiger partial charge < -0.3 is 14.0 Å². The number of benzene rings is 2. The Morgan fingerprint density at radius 2 is 1.90 bits per heavy atom. The van der Waals surface area contributed by atoms with E-state index < -0.39 is 23.8 Å². The molecule has 0 aliphatic heterocycles. The number of allylic oxidation sites excluding steroid dienone is 7. The molecule has 0 bridgehead atoms. The molecule has 0 fully saturated rings. The zero-order valence-corrected chi connectivity index (χ0v) is 20.8. The SMILES string of the molecule is Cc1noc(-c2ccc(F)cc2)c1-c1cc(C(F)(F)F)c2oc(CNC(O)C=CC3=CC=CCC=C3)cc2c1. The van der Waals surface area contributed by atoms with E-state index in [-0.39, 0.29) is 34.6 Å². The van der Waals surface area contributed by atoms with Crippen molar-refractivity contribution in [2.45, 2.75) is 32.3 Å². The number of aromatic nitrogens is 1. The summed E-state index contributed by atoms with van der Waals surface area (Å²) in [5.41, 5.74) is 1.10. The second-order valence-corrected chi connectivity index (χ2v) is 9.05. The molecule has 200 valence electrons. The van der Waals surface area contributed by atoms with Crippen LogP contribution in [-0.2, 0) is 12.7 Å². The minimum Gasteiger partial charge on any atom is -0.459 e. The first-order valence-corrected chi connectivity index (χ1v) is 12.2. The number of nitrogens with one attached hydrogen (secondary N) is 1. The number of halogens is 4. The van der Waals surface area contributed by atoms with Crippen LogP contribution in [0.15, 0.2) is 99.5 Å². The third kappa shape index (κ3) is 5.94. The molecule has 4 aromatic rings. The maximum Gasteiger partial charge on any atom is 0.420 e. The van der Waals surface area contributed by atoms with E-state index in [1.54, 1.807) is 25.1 Å². The largest absolute Gasteiger partial charge is 0.459 e. The Labute approximate surface area is 221 Å². The van der Waals surface area contributed by atoms with Crippen molar-refractivity contribution in [1.29, 1.82) is 0 Å². The van der Waals surface area contributed by atoms with Crippen LogP contribution in [0.3, 0.4) is 0 Å². The summed E-state index contributed by atoms with van der Waals surface area (Å²) in [4.78, 5) is 0. The first kappa shape index (κ1) is 26.4. The van der Waals surface area contributed by atoms with Gasteiger partial charge in [0.1, 0.15) is 23.4 Å². The molecule has 1 unspecified atom stereocenters. The summed E-state index contributed by atoms with van der Waals surface area (Å²) < 4.78 is 66.8. The highest BCUT2D eigenvalue weighted by atomic mass is 19.4. The van der Waals surface area contributed by atoms with Crippen LogP contribution in [0.4, 0.5) is 17.6 Å². The number of hydrogen-bond donors (Lipinski definition) is 2. The summed E-state index contributed by atoms with van der Waals surface area (Å²) in [6, 6.07) is 9.49. The minimum atomic E-state index is -4.70. The van der Waals surface area contributed by atoms with E-state index >= 15 is 0 Å². The van der Waals surface area contributed by atoms with E-state index in [1.807, 2.05) is 30.4 Å². The fourth-order valence-electron chi connectivity index (χ4n) is 4.34. The van der Waals surface area contributed by atoms with Crippen molar-refractivity contribution >= 4 is 11.0 Å². The Morgan fingerprint density at radius 3 is 2.67 bits per heavy atom. The van der Waals surface area contributed by atoms with E-state index in [0.717, 1.165) is 18.1 Å². The highest BCUT2D eigenvalue weighted by Gasteiger charge is 2.36. The summed E-state index contributed by atoms with van der Waals surface area (Å²) in [6.07, 6.45) is 8.12. The summed E-state index contributed by atoms with van der Waals surface area (Å²) in [5.74, 6) is -0.000210. The lowest BCUT2D eigenvalue weighted by Crippen LogP contribution is -2.25. The number of aliphatic hydroxyl groups is 1. The maximum absolute atomic E-state index is 14.1. The fraction of sp³-hybridized carbons (Fsp3) is 0.167. The molecule has 0 radical (unpaired) electrons. The minimum absolute atomic E-state index is 0.00523. The van der Waals surface area contributed by atoms with E-state index in [2.05, 4.69) is 10.5 Å². The number of alkyl halides is 3. The van der Waals surface area contributed by atoms with Crippen molar-refractivity contribution in [1.82, 2.24) is 10.5 Å². The van der Waals surface area contributed by atoms with Gasteiger partial charge in [0.15, 0.2) is 5.76 Å². The number of aryl methyl sites for hydroxylation is 1. The summed E-state index contributed by atoms with van der Waals surface area (Å²) in [5, 5.41) is 17.3. The molecule has 0 spiro atoms. The van der Waals surface area contributed by atoms with Gasteiger partial charge in [0, 0.05) is 10.9 Å². The normalized spacial score (nSPS) is 14.8. The molecule has 0 amide bonds. The molecule has 1 aliphatic carbocycles.